The number of fused-ring (bicyclic) bond motifs is 1. The Morgan fingerprint density at radius 1 is 1.53 bits per heavy atom. The molecule has 5 heteroatoms. The van der Waals surface area contributed by atoms with Gasteiger partial charge in [-0.3, -0.25) is 4.79 Å². The molecule has 1 aromatic rings. The molecule has 5 nitrogen and oxygen atoms in total. The van der Waals surface area contributed by atoms with Crippen LogP contribution in [0.5, 0.6) is 5.75 Å². The number of rotatable bonds is 5. The average molecular weight is 264 g/mol. The zero-order valence-electron chi connectivity index (χ0n) is 11.3. The number of nitrogens with one attached hydrogen (secondary N) is 2. The normalized spacial score (nSPS) is 17.3. The van der Waals surface area contributed by atoms with Gasteiger partial charge in [-0.25, -0.2) is 0 Å². The maximum Gasteiger partial charge on any atom is 0.263 e. The lowest BCUT2D eigenvalue weighted by Gasteiger charge is -2.26. The Balaban J connectivity index is 1.79. The minimum Gasteiger partial charge on any atom is -0.477 e. The first kappa shape index (κ1) is 13.7. The number of ether oxygens (including phenoxy) is 2. The third-order valence-corrected chi connectivity index (χ3v) is 2.78. The molecule has 1 atom stereocenters. The van der Waals surface area contributed by atoms with Crippen molar-refractivity contribution < 1.29 is 14.3 Å². The average Bonchev–Trinajstić information content (AvgIpc) is 2.42. The van der Waals surface area contributed by atoms with Crippen molar-refractivity contribution in [3.05, 3.63) is 24.3 Å². The fraction of sp³-hybridized carbons (Fsp3) is 0.500. The summed E-state index contributed by atoms with van der Waals surface area (Å²) in [6.07, 6.45) is -0.315. The molecule has 19 heavy (non-hydrogen) atoms. The van der Waals surface area contributed by atoms with Crippen molar-refractivity contribution in [2.45, 2.75) is 26.1 Å². The van der Waals surface area contributed by atoms with Crippen molar-refractivity contribution in [3.63, 3.8) is 0 Å². The van der Waals surface area contributed by atoms with E-state index in [4.69, 9.17) is 9.47 Å². The number of carbonyl (C=O) groups excluding carboxylic acids is 1. The van der Waals surface area contributed by atoms with Gasteiger partial charge in [0.15, 0.2) is 6.10 Å². The molecule has 1 heterocycles. The maximum atomic E-state index is 11.9. The van der Waals surface area contributed by atoms with E-state index in [0.29, 0.717) is 25.4 Å². The van der Waals surface area contributed by atoms with Gasteiger partial charge in [0.05, 0.1) is 24.9 Å². The van der Waals surface area contributed by atoms with Crippen molar-refractivity contribution in [2.75, 3.05) is 25.0 Å². The summed E-state index contributed by atoms with van der Waals surface area (Å²) in [5.41, 5.74) is 0.926. The lowest BCUT2D eigenvalue weighted by atomic mass is 10.2. The molecule has 1 amide bonds. The van der Waals surface area contributed by atoms with E-state index < -0.39 is 6.10 Å². The van der Waals surface area contributed by atoms with Gasteiger partial charge in [0.1, 0.15) is 5.75 Å². The Kier molecular flexibility index (Phi) is 4.63. The molecular weight excluding hydrogens is 244 g/mol. The molecule has 1 unspecified atom stereocenters. The zero-order chi connectivity index (χ0) is 13.7. The van der Waals surface area contributed by atoms with Crippen molar-refractivity contribution in [1.29, 1.82) is 0 Å². The van der Waals surface area contributed by atoms with Gasteiger partial charge in [0, 0.05) is 6.54 Å². The summed E-state index contributed by atoms with van der Waals surface area (Å²) in [6, 6.07) is 7.60. The Hall–Kier alpha value is -1.75. The molecule has 2 rings (SSSR count). The molecule has 0 aliphatic carbocycles. The topological polar surface area (TPSA) is 59.6 Å². The molecule has 0 saturated carbocycles. The molecule has 0 fully saturated rings. The number of hydrogen-bond acceptors (Lipinski definition) is 4. The van der Waals surface area contributed by atoms with Crippen LogP contribution >= 0.6 is 0 Å². The number of benzene rings is 1. The van der Waals surface area contributed by atoms with Crippen LogP contribution in [0.3, 0.4) is 0 Å². The standard InChI is InChI=1S/C14H20N2O3/c1-10(2)18-8-7-15-14(17)13-9-16-11-5-3-4-6-12(11)19-13/h3-6,10,13,16H,7-9H2,1-2H3,(H,15,17). The van der Waals surface area contributed by atoms with Crippen molar-refractivity contribution >= 4 is 11.6 Å². The maximum absolute atomic E-state index is 11.9. The molecule has 0 bridgehead atoms. The third-order valence-electron chi connectivity index (χ3n) is 2.78. The van der Waals surface area contributed by atoms with Gasteiger partial charge in [-0.15, -0.1) is 0 Å². The summed E-state index contributed by atoms with van der Waals surface area (Å²) in [7, 11) is 0. The van der Waals surface area contributed by atoms with Crippen molar-refractivity contribution in [1.82, 2.24) is 5.32 Å². The minimum absolute atomic E-state index is 0.116. The van der Waals surface area contributed by atoms with E-state index in [0.717, 1.165) is 5.69 Å². The van der Waals surface area contributed by atoms with Crippen molar-refractivity contribution in [2.24, 2.45) is 0 Å². The van der Waals surface area contributed by atoms with Crippen LogP contribution in [0.25, 0.3) is 0 Å². The van der Waals surface area contributed by atoms with E-state index >= 15 is 0 Å². The second kappa shape index (κ2) is 6.43. The molecule has 2 N–H and O–H groups in total. The summed E-state index contributed by atoms with van der Waals surface area (Å²) < 4.78 is 11.0. The van der Waals surface area contributed by atoms with Crippen molar-refractivity contribution in [3.8, 4) is 5.75 Å². The first-order valence-electron chi connectivity index (χ1n) is 6.55. The van der Waals surface area contributed by atoms with Crippen LogP contribution in [-0.4, -0.2) is 37.8 Å². The highest BCUT2D eigenvalue weighted by Gasteiger charge is 2.25. The van der Waals surface area contributed by atoms with Gasteiger partial charge in [-0.05, 0) is 26.0 Å². The molecule has 1 aliphatic rings. The van der Waals surface area contributed by atoms with E-state index in [-0.39, 0.29) is 12.0 Å². The molecule has 0 radical (unpaired) electrons. The van der Waals surface area contributed by atoms with Gasteiger partial charge >= 0.3 is 0 Å². The smallest absolute Gasteiger partial charge is 0.263 e. The molecule has 104 valence electrons. The highest BCUT2D eigenvalue weighted by molar-refractivity contribution is 5.83. The Morgan fingerprint density at radius 3 is 3.11 bits per heavy atom. The third kappa shape index (κ3) is 3.86. The first-order chi connectivity index (χ1) is 9.16. The monoisotopic (exact) mass is 264 g/mol. The van der Waals surface area contributed by atoms with Crippen LogP contribution in [0.1, 0.15) is 13.8 Å². The van der Waals surface area contributed by atoms with Gasteiger partial charge < -0.3 is 20.1 Å². The fourth-order valence-electron chi connectivity index (χ4n) is 1.84. The second-order valence-electron chi connectivity index (χ2n) is 4.69. The minimum atomic E-state index is -0.492. The van der Waals surface area contributed by atoms with Gasteiger partial charge in [-0.1, -0.05) is 12.1 Å². The highest BCUT2D eigenvalue weighted by atomic mass is 16.5. The zero-order valence-corrected chi connectivity index (χ0v) is 11.3. The molecule has 0 saturated heterocycles. The van der Waals surface area contributed by atoms with Gasteiger partial charge in [-0.2, -0.15) is 0 Å². The number of anilines is 1. The number of carbonyl (C=O) groups is 1. The summed E-state index contributed by atoms with van der Waals surface area (Å²) in [5, 5.41) is 5.99. The van der Waals surface area contributed by atoms with E-state index in [9.17, 15) is 4.79 Å². The second-order valence-corrected chi connectivity index (χ2v) is 4.69. The lowest BCUT2D eigenvalue weighted by molar-refractivity contribution is -0.127. The Bertz CT molecular complexity index is 434. The van der Waals surface area contributed by atoms with Crippen LogP contribution in [0.4, 0.5) is 5.69 Å². The molecule has 1 aromatic carbocycles. The predicted octanol–water partition coefficient (Wildman–Crippen LogP) is 1.40. The molecule has 0 aromatic heterocycles. The highest BCUT2D eigenvalue weighted by Crippen LogP contribution is 2.27. The van der Waals surface area contributed by atoms with E-state index in [1.807, 2.05) is 38.1 Å². The quantitative estimate of drug-likeness (QED) is 0.789. The van der Waals surface area contributed by atoms with E-state index in [2.05, 4.69) is 10.6 Å². The van der Waals surface area contributed by atoms with Crippen LogP contribution in [0.15, 0.2) is 24.3 Å². The Labute approximate surface area is 113 Å². The van der Waals surface area contributed by atoms with Gasteiger partial charge in [0.2, 0.25) is 0 Å². The lowest BCUT2D eigenvalue weighted by Crippen LogP contribution is -2.45. The summed E-state index contributed by atoms with van der Waals surface area (Å²) in [6.45, 7) is 5.42. The summed E-state index contributed by atoms with van der Waals surface area (Å²) >= 11 is 0. The molecule has 0 spiro atoms. The van der Waals surface area contributed by atoms with Crippen LogP contribution < -0.4 is 15.4 Å². The molecular formula is C14H20N2O3. The number of hydrogen-bond donors (Lipinski definition) is 2. The Morgan fingerprint density at radius 2 is 2.32 bits per heavy atom. The van der Waals surface area contributed by atoms with E-state index in [1.54, 1.807) is 0 Å². The fourth-order valence-corrected chi connectivity index (χ4v) is 1.84. The SMILES string of the molecule is CC(C)OCCNC(=O)C1CNc2ccccc2O1. The summed E-state index contributed by atoms with van der Waals surface area (Å²) in [5.74, 6) is 0.599. The number of para-hydroxylation sites is 2. The van der Waals surface area contributed by atoms with Crippen LogP contribution in [0.2, 0.25) is 0 Å². The number of amides is 1. The van der Waals surface area contributed by atoms with E-state index in [1.165, 1.54) is 0 Å². The van der Waals surface area contributed by atoms with Crippen LogP contribution in [0, 0.1) is 0 Å². The predicted molar refractivity (Wildman–Crippen MR) is 73.4 cm³/mol. The van der Waals surface area contributed by atoms with Gasteiger partial charge in [0.25, 0.3) is 5.91 Å². The molecule has 1 aliphatic heterocycles. The first-order valence-corrected chi connectivity index (χ1v) is 6.55. The summed E-state index contributed by atoms with van der Waals surface area (Å²) in [4.78, 5) is 11.9. The largest absolute Gasteiger partial charge is 0.477 e. The van der Waals surface area contributed by atoms with Crippen LogP contribution in [-0.2, 0) is 9.53 Å².